The van der Waals surface area contributed by atoms with Gasteiger partial charge in [0.1, 0.15) is 11.4 Å². The van der Waals surface area contributed by atoms with E-state index in [-0.39, 0.29) is 17.4 Å². The zero-order valence-corrected chi connectivity index (χ0v) is 15.2. The van der Waals surface area contributed by atoms with Gasteiger partial charge in [0.15, 0.2) is 0 Å². The number of hydrogen-bond donors (Lipinski definition) is 1. The molecule has 25 heavy (non-hydrogen) atoms. The number of fused-ring (bicyclic) bond motifs is 1. The minimum Gasteiger partial charge on any atom is -0.480 e. The van der Waals surface area contributed by atoms with Gasteiger partial charge < -0.3 is 5.11 Å². The van der Waals surface area contributed by atoms with Crippen LogP contribution < -0.4 is 0 Å². The predicted molar refractivity (Wildman–Crippen MR) is 92.2 cm³/mol. The molecule has 3 rings (SSSR count). The topological polar surface area (TPSA) is 92.5 Å². The molecule has 1 atom stereocenters. The Balaban J connectivity index is 1.86. The summed E-state index contributed by atoms with van der Waals surface area (Å²) in [5.41, 5.74) is 2.16. The van der Waals surface area contributed by atoms with Crippen LogP contribution in [-0.2, 0) is 27.8 Å². The lowest BCUT2D eigenvalue weighted by atomic mass is 9.96. The van der Waals surface area contributed by atoms with Crippen LogP contribution >= 0.6 is 11.6 Å². The van der Waals surface area contributed by atoms with Crippen LogP contribution in [0.5, 0.6) is 0 Å². The van der Waals surface area contributed by atoms with Crippen LogP contribution in [0, 0.1) is 0 Å². The van der Waals surface area contributed by atoms with Crippen LogP contribution in [0.1, 0.15) is 24.0 Å². The fourth-order valence-corrected chi connectivity index (χ4v) is 4.73. The summed E-state index contributed by atoms with van der Waals surface area (Å²) in [6, 6.07) is 5.64. The van der Waals surface area contributed by atoms with Crippen LogP contribution in [0.15, 0.2) is 35.5 Å². The number of benzene rings is 1. The number of rotatable bonds is 4. The first-order chi connectivity index (χ1) is 11.8. The molecule has 1 N–H and O–H groups in total. The summed E-state index contributed by atoms with van der Waals surface area (Å²) in [5, 5.41) is 13.3. The van der Waals surface area contributed by atoms with Crippen molar-refractivity contribution < 1.29 is 18.3 Å². The summed E-state index contributed by atoms with van der Waals surface area (Å²) in [6.45, 7) is 2.28. The third-order valence-electron chi connectivity index (χ3n) is 4.29. The van der Waals surface area contributed by atoms with Crippen molar-refractivity contribution in [3.8, 4) is 0 Å². The minimum atomic E-state index is -3.74. The maximum atomic E-state index is 12.9. The number of hydrogen-bond acceptors (Lipinski definition) is 4. The third kappa shape index (κ3) is 3.70. The van der Waals surface area contributed by atoms with Crippen LogP contribution in [0.25, 0.3) is 0 Å². The largest absolute Gasteiger partial charge is 0.480 e. The van der Waals surface area contributed by atoms with Gasteiger partial charge in [-0.1, -0.05) is 24.6 Å². The van der Waals surface area contributed by atoms with Crippen molar-refractivity contribution in [2.45, 2.75) is 30.7 Å². The third-order valence-corrected chi connectivity index (χ3v) is 6.34. The molecule has 2 heterocycles. The molecule has 0 bridgehead atoms. The standard InChI is InChI=1S/C16H18ClN3O4S/c1-11-8-20(5-4-12-2-3-13(17)6-15(11)12)25(23,24)14-7-18-19(9-14)10-16(21)22/h2-3,6-7,9,11H,4-5,8,10H2,1H3,(H,21,22). The Hall–Kier alpha value is -1.90. The van der Waals surface area contributed by atoms with E-state index in [1.165, 1.54) is 16.7 Å². The summed E-state index contributed by atoms with van der Waals surface area (Å²) in [4.78, 5) is 10.7. The van der Waals surface area contributed by atoms with Gasteiger partial charge in [-0.2, -0.15) is 9.40 Å². The highest BCUT2D eigenvalue weighted by Crippen LogP contribution is 2.30. The van der Waals surface area contributed by atoms with Gasteiger partial charge >= 0.3 is 5.97 Å². The molecule has 0 saturated carbocycles. The van der Waals surface area contributed by atoms with Crippen LogP contribution in [-0.4, -0.2) is 46.7 Å². The average Bonchev–Trinajstić information content (AvgIpc) is 2.93. The molecule has 9 heteroatoms. The average molecular weight is 384 g/mol. The van der Waals surface area contributed by atoms with Crippen molar-refractivity contribution in [2.75, 3.05) is 13.1 Å². The molecule has 7 nitrogen and oxygen atoms in total. The van der Waals surface area contributed by atoms with Gasteiger partial charge in [-0.15, -0.1) is 0 Å². The Morgan fingerprint density at radius 2 is 2.20 bits per heavy atom. The van der Waals surface area contributed by atoms with E-state index >= 15 is 0 Å². The highest BCUT2D eigenvalue weighted by molar-refractivity contribution is 7.89. The summed E-state index contributed by atoms with van der Waals surface area (Å²) in [6.07, 6.45) is 3.04. The van der Waals surface area contributed by atoms with E-state index in [4.69, 9.17) is 16.7 Å². The summed E-state index contributed by atoms with van der Waals surface area (Å²) in [7, 11) is -3.74. The summed E-state index contributed by atoms with van der Waals surface area (Å²) >= 11 is 6.07. The van der Waals surface area contributed by atoms with Gasteiger partial charge in [0.2, 0.25) is 10.0 Å². The fraction of sp³-hybridized carbons (Fsp3) is 0.375. The number of sulfonamides is 1. The molecule has 1 unspecified atom stereocenters. The van der Waals surface area contributed by atoms with Gasteiger partial charge in [0.25, 0.3) is 0 Å². The van der Waals surface area contributed by atoms with Gasteiger partial charge in [-0.05, 0) is 35.6 Å². The monoisotopic (exact) mass is 383 g/mol. The molecular weight excluding hydrogens is 366 g/mol. The van der Waals surface area contributed by atoms with Crippen molar-refractivity contribution in [3.63, 3.8) is 0 Å². The quantitative estimate of drug-likeness (QED) is 0.871. The molecule has 1 aromatic heterocycles. The van der Waals surface area contributed by atoms with Crippen molar-refractivity contribution in [2.24, 2.45) is 0 Å². The lowest BCUT2D eigenvalue weighted by Crippen LogP contribution is -2.34. The van der Waals surface area contributed by atoms with E-state index in [1.807, 2.05) is 25.1 Å². The number of carboxylic acid groups (broad SMARTS) is 1. The van der Waals surface area contributed by atoms with Crippen LogP contribution in [0.3, 0.4) is 0 Å². The molecule has 1 aromatic carbocycles. The van der Waals surface area contributed by atoms with E-state index in [1.54, 1.807) is 0 Å². The molecule has 0 amide bonds. The number of halogens is 1. The first-order valence-corrected chi connectivity index (χ1v) is 9.62. The normalized spacial score (nSPS) is 18.6. The fourth-order valence-electron chi connectivity index (χ4n) is 3.06. The van der Waals surface area contributed by atoms with Crippen LogP contribution in [0.2, 0.25) is 5.02 Å². The summed E-state index contributed by atoms with van der Waals surface area (Å²) in [5.74, 6) is -1.08. The number of aliphatic carboxylic acids is 1. The molecule has 1 aliphatic heterocycles. The molecule has 1 aliphatic rings. The first kappa shape index (κ1) is 17.9. The smallest absolute Gasteiger partial charge is 0.325 e. The lowest BCUT2D eigenvalue weighted by Gasteiger charge is -2.21. The van der Waals surface area contributed by atoms with Gasteiger partial charge in [0.05, 0.1) is 6.20 Å². The Morgan fingerprint density at radius 1 is 1.44 bits per heavy atom. The molecule has 0 spiro atoms. The van der Waals surface area contributed by atoms with Crippen molar-refractivity contribution in [1.82, 2.24) is 14.1 Å². The molecule has 0 radical (unpaired) electrons. The van der Waals surface area contributed by atoms with E-state index < -0.39 is 16.0 Å². The molecule has 2 aromatic rings. The second-order valence-electron chi connectivity index (χ2n) is 6.12. The molecule has 134 valence electrons. The molecule has 0 fully saturated rings. The van der Waals surface area contributed by atoms with Gasteiger partial charge in [0, 0.05) is 24.3 Å². The highest BCUT2D eigenvalue weighted by atomic mass is 35.5. The van der Waals surface area contributed by atoms with Gasteiger partial charge in [-0.3, -0.25) is 9.48 Å². The Bertz CT molecular complexity index is 910. The number of aromatic nitrogens is 2. The molecule has 0 saturated heterocycles. The van der Waals surface area contributed by atoms with Crippen molar-refractivity contribution >= 4 is 27.6 Å². The zero-order chi connectivity index (χ0) is 18.2. The second-order valence-corrected chi connectivity index (χ2v) is 8.50. The maximum absolute atomic E-state index is 12.9. The SMILES string of the molecule is CC1CN(S(=O)(=O)c2cnn(CC(=O)O)c2)CCc2ccc(Cl)cc21. The Morgan fingerprint density at radius 3 is 2.92 bits per heavy atom. The lowest BCUT2D eigenvalue weighted by molar-refractivity contribution is -0.137. The zero-order valence-electron chi connectivity index (χ0n) is 13.6. The van der Waals surface area contributed by atoms with Crippen LogP contribution in [0.4, 0.5) is 0 Å². The first-order valence-electron chi connectivity index (χ1n) is 7.80. The highest BCUT2D eigenvalue weighted by Gasteiger charge is 2.30. The maximum Gasteiger partial charge on any atom is 0.325 e. The second kappa shape index (κ2) is 6.78. The van der Waals surface area contributed by atoms with E-state index in [0.717, 1.165) is 15.8 Å². The number of carbonyl (C=O) groups is 1. The minimum absolute atomic E-state index is 0.0000366. The van der Waals surface area contributed by atoms with Crippen molar-refractivity contribution in [3.05, 3.63) is 46.7 Å². The summed E-state index contributed by atoms with van der Waals surface area (Å²) < 4.78 is 28.3. The Labute approximate surface area is 150 Å². The van der Waals surface area contributed by atoms with Crippen molar-refractivity contribution in [1.29, 1.82) is 0 Å². The number of nitrogens with zero attached hydrogens (tertiary/aromatic N) is 3. The van der Waals surface area contributed by atoms with E-state index in [0.29, 0.717) is 24.5 Å². The predicted octanol–water partition coefficient (Wildman–Crippen LogP) is 1.97. The Kier molecular flexibility index (Phi) is 4.86. The molecule has 0 aliphatic carbocycles. The number of carboxylic acids is 1. The van der Waals surface area contributed by atoms with E-state index in [9.17, 15) is 13.2 Å². The van der Waals surface area contributed by atoms with Gasteiger partial charge in [-0.25, -0.2) is 8.42 Å². The molecular formula is C16H18ClN3O4S. The van der Waals surface area contributed by atoms with E-state index in [2.05, 4.69) is 5.10 Å².